The topological polar surface area (TPSA) is 71.8 Å². The van der Waals surface area contributed by atoms with Gasteiger partial charge < -0.3 is 0 Å². The van der Waals surface area contributed by atoms with E-state index in [1.165, 1.54) is 11.1 Å². The molecule has 2 aromatic rings. The third-order valence-electron chi connectivity index (χ3n) is 5.31. The fourth-order valence-corrected chi connectivity index (χ4v) is 4.27. The van der Waals surface area contributed by atoms with E-state index in [-0.39, 0.29) is 17.9 Å². The minimum Gasteiger partial charge on any atom is -0.298 e. The van der Waals surface area contributed by atoms with Crippen LogP contribution >= 0.6 is 11.8 Å². The molecule has 0 saturated carbocycles. The number of ketones is 1. The fourth-order valence-electron chi connectivity index (χ4n) is 3.89. The summed E-state index contributed by atoms with van der Waals surface area (Å²) < 4.78 is 2.12. The second-order valence-electron chi connectivity index (χ2n) is 7.14. The standard InChI is InChI=1S/C19H25N5OS/c1-12(25)16-11-17(22-21-16)19-20-18(7-8-26-2)23-24(19)15-9-13-5-3-4-6-14(13)10-15/h3-6,15-17,21-22H,7-11H2,1-2H3. The van der Waals surface area contributed by atoms with Crippen LogP contribution in [-0.2, 0) is 24.1 Å². The van der Waals surface area contributed by atoms with Gasteiger partial charge in [0.05, 0.1) is 18.1 Å². The average Bonchev–Trinajstić information content (AvgIpc) is 3.35. The lowest BCUT2D eigenvalue weighted by Gasteiger charge is -2.16. The van der Waals surface area contributed by atoms with Gasteiger partial charge in [-0.1, -0.05) is 24.3 Å². The minimum atomic E-state index is -0.152. The molecule has 2 aliphatic rings. The number of aromatic nitrogens is 3. The second kappa shape index (κ2) is 7.50. The number of hydrogen-bond donors (Lipinski definition) is 2. The van der Waals surface area contributed by atoms with E-state index in [1.54, 1.807) is 6.92 Å². The van der Waals surface area contributed by atoms with Crippen LogP contribution in [-0.4, -0.2) is 38.6 Å². The van der Waals surface area contributed by atoms with Crippen molar-refractivity contribution in [2.75, 3.05) is 12.0 Å². The van der Waals surface area contributed by atoms with Crippen molar-refractivity contribution in [2.24, 2.45) is 0 Å². The van der Waals surface area contributed by atoms with Crippen LogP contribution in [0.2, 0.25) is 0 Å². The highest BCUT2D eigenvalue weighted by Crippen LogP contribution is 2.32. The molecule has 0 spiro atoms. The average molecular weight is 372 g/mol. The van der Waals surface area contributed by atoms with Gasteiger partial charge in [-0.15, -0.1) is 0 Å². The summed E-state index contributed by atoms with van der Waals surface area (Å²) in [6.45, 7) is 1.63. The first kappa shape index (κ1) is 17.7. The van der Waals surface area contributed by atoms with Crippen molar-refractivity contribution in [3.8, 4) is 0 Å². The number of hydrogen-bond acceptors (Lipinski definition) is 6. The maximum atomic E-state index is 11.7. The summed E-state index contributed by atoms with van der Waals surface area (Å²) in [5.41, 5.74) is 9.18. The van der Waals surface area contributed by atoms with Gasteiger partial charge in [0, 0.05) is 12.2 Å². The number of carbonyl (C=O) groups excluding carboxylic acids is 1. The zero-order chi connectivity index (χ0) is 18.1. The van der Waals surface area contributed by atoms with Crippen LogP contribution in [0, 0.1) is 0 Å². The fraction of sp³-hybridized carbons (Fsp3) is 0.526. The van der Waals surface area contributed by atoms with Crippen molar-refractivity contribution in [3.63, 3.8) is 0 Å². The first-order valence-corrected chi connectivity index (χ1v) is 10.6. The van der Waals surface area contributed by atoms with Crippen molar-refractivity contribution in [2.45, 2.75) is 50.7 Å². The molecule has 2 atom stereocenters. The van der Waals surface area contributed by atoms with Gasteiger partial charge >= 0.3 is 0 Å². The molecule has 2 heterocycles. The number of rotatable bonds is 6. The van der Waals surface area contributed by atoms with Crippen molar-refractivity contribution < 1.29 is 4.79 Å². The summed E-state index contributed by atoms with van der Waals surface area (Å²) in [4.78, 5) is 16.6. The summed E-state index contributed by atoms with van der Waals surface area (Å²) in [5.74, 6) is 3.02. The van der Waals surface area contributed by atoms with Crippen LogP contribution in [0.1, 0.15) is 48.2 Å². The van der Waals surface area contributed by atoms with Crippen molar-refractivity contribution in [1.29, 1.82) is 0 Å². The number of nitrogens with zero attached hydrogens (tertiary/aromatic N) is 3. The monoisotopic (exact) mass is 371 g/mol. The molecule has 1 aromatic carbocycles. The van der Waals surface area contributed by atoms with Crippen LogP contribution in [0.15, 0.2) is 24.3 Å². The highest BCUT2D eigenvalue weighted by Gasteiger charge is 2.34. The van der Waals surface area contributed by atoms with Crippen molar-refractivity contribution in [1.82, 2.24) is 25.6 Å². The van der Waals surface area contributed by atoms with E-state index in [1.807, 2.05) is 11.8 Å². The van der Waals surface area contributed by atoms with E-state index < -0.39 is 0 Å². The van der Waals surface area contributed by atoms with Crippen molar-refractivity contribution in [3.05, 3.63) is 47.0 Å². The van der Waals surface area contributed by atoms with E-state index >= 15 is 0 Å². The molecule has 0 radical (unpaired) electrons. The largest absolute Gasteiger partial charge is 0.298 e. The van der Waals surface area contributed by atoms with Gasteiger partial charge in [0.1, 0.15) is 11.6 Å². The molecule has 0 bridgehead atoms. The molecule has 26 heavy (non-hydrogen) atoms. The molecule has 1 aliphatic carbocycles. The first-order valence-electron chi connectivity index (χ1n) is 9.18. The molecule has 0 amide bonds. The van der Waals surface area contributed by atoms with Crippen LogP contribution in [0.4, 0.5) is 0 Å². The molecule has 2 unspecified atom stereocenters. The SMILES string of the molecule is CSCCc1nc(C2CC(C(C)=O)NN2)n(C2Cc3ccccc3C2)n1. The summed E-state index contributed by atoms with van der Waals surface area (Å²) in [6, 6.07) is 8.80. The zero-order valence-electron chi connectivity index (χ0n) is 15.2. The van der Waals surface area contributed by atoms with Gasteiger partial charge in [-0.05, 0) is 43.6 Å². The number of aryl methyl sites for hydroxylation is 1. The highest BCUT2D eigenvalue weighted by molar-refractivity contribution is 7.98. The summed E-state index contributed by atoms with van der Waals surface area (Å²) >= 11 is 1.81. The Morgan fingerprint density at radius 2 is 2.00 bits per heavy atom. The van der Waals surface area contributed by atoms with E-state index in [0.717, 1.165) is 43.1 Å². The molecular formula is C19H25N5OS. The molecule has 138 valence electrons. The summed E-state index contributed by atoms with van der Waals surface area (Å²) in [6.07, 6.45) is 5.67. The smallest absolute Gasteiger partial charge is 0.151 e. The van der Waals surface area contributed by atoms with Crippen LogP contribution < -0.4 is 10.9 Å². The van der Waals surface area contributed by atoms with Gasteiger partial charge in [-0.2, -0.15) is 16.9 Å². The van der Waals surface area contributed by atoms with E-state index in [9.17, 15) is 4.79 Å². The maximum absolute atomic E-state index is 11.7. The van der Waals surface area contributed by atoms with Crippen LogP contribution in [0.5, 0.6) is 0 Å². The second-order valence-corrected chi connectivity index (χ2v) is 8.13. The molecular weight excluding hydrogens is 346 g/mol. The molecule has 7 heteroatoms. The zero-order valence-corrected chi connectivity index (χ0v) is 16.1. The van der Waals surface area contributed by atoms with Gasteiger partial charge in [-0.3, -0.25) is 4.79 Å². The molecule has 2 N–H and O–H groups in total. The number of benzene rings is 1. The molecule has 1 fully saturated rings. The van der Waals surface area contributed by atoms with Gasteiger partial charge in [0.25, 0.3) is 0 Å². The Bertz CT molecular complexity index is 780. The third kappa shape index (κ3) is 3.43. The number of Topliss-reactive ketones (excluding diaryl/α,β-unsaturated/α-hetero) is 1. The van der Waals surface area contributed by atoms with Gasteiger partial charge in [0.15, 0.2) is 5.82 Å². The number of fused-ring (bicyclic) bond motifs is 1. The minimum absolute atomic E-state index is 0.0168. The molecule has 1 saturated heterocycles. The highest BCUT2D eigenvalue weighted by atomic mass is 32.2. The molecule has 4 rings (SSSR count). The van der Waals surface area contributed by atoms with Gasteiger partial charge in [0.2, 0.25) is 0 Å². The lowest BCUT2D eigenvalue weighted by atomic mass is 10.1. The Kier molecular flexibility index (Phi) is 5.11. The van der Waals surface area contributed by atoms with Crippen LogP contribution in [0.25, 0.3) is 0 Å². The Hall–Kier alpha value is -1.70. The lowest BCUT2D eigenvalue weighted by molar-refractivity contribution is -0.118. The third-order valence-corrected chi connectivity index (χ3v) is 5.92. The normalized spacial score (nSPS) is 22.7. The Morgan fingerprint density at radius 1 is 1.27 bits per heavy atom. The van der Waals surface area contributed by atoms with E-state index in [2.05, 4.69) is 46.1 Å². The van der Waals surface area contributed by atoms with Crippen molar-refractivity contribution >= 4 is 17.5 Å². The van der Waals surface area contributed by atoms with Crippen LogP contribution in [0.3, 0.4) is 0 Å². The Morgan fingerprint density at radius 3 is 2.62 bits per heavy atom. The summed E-state index contributed by atoms with van der Waals surface area (Å²) in [7, 11) is 0. The van der Waals surface area contributed by atoms with E-state index in [4.69, 9.17) is 10.1 Å². The number of thioether (sulfide) groups is 1. The van der Waals surface area contributed by atoms with E-state index in [0.29, 0.717) is 6.04 Å². The first-order chi connectivity index (χ1) is 12.7. The molecule has 1 aromatic heterocycles. The lowest BCUT2D eigenvalue weighted by Crippen LogP contribution is -2.35. The molecule has 1 aliphatic heterocycles. The Balaban J connectivity index is 1.61. The Labute approximate surface area is 158 Å². The predicted octanol–water partition coefficient (Wildman–Crippen LogP) is 2.02. The number of carbonyl (C=O) groups is 1. The summed E-state index contributed by atoms with van der Waals surface area (Å²) in [5, 5.41) is 4.87. The number of nitrogens with one attached hydrogen (secondary N) is 2. The maximum Gasteiger partial charge on any atom is 0.151 e. The quantitative estimate of drug-likeness (QED) is 0.809. The molecule has 6 nitrogen and oxygen atoms in total. The number of hydrazine groups is 1. The van der Waals surface area contributed by atoms with Gasteiger partial charge in [-0.25, -0.2) is 20.5 Å². The predicted molar refractivity (Wildman–Crippen MR) is 103 cm³/mol.